The molecule has 1 heterocycles. The zero-order valence-corrected chi connectivity index (χ0v) is 19.8. The molecular weight excluding hydrogens is 434 g/mol. The van der Waals surface area contributed by atoms with E-state index >= 15 is 0 Å². The first-order chi connectivity index (χ1) is 16.4. The average Bonchev–Trinajstić information content (AvgIpc) is 2.84. The second-order valence-corrected chi connectivity index (χ2v) is 9.02. The van der Waals surface area contributed by atoms with Crippen LogP contribution in [0.5, 0.6) is 11.5 Å². The number of carbonyl (C=O) groups is 1. The van der Waals surface area contributed by atoms with Crippen LogP contribution in [-0.2, 0) is 13.0 Å². The van der Waals surface area contributed by atoms with E-state index in [1.807, 2.05) is 12.1 Å². The molecule has 3 aromatic rings. The molecule has 4 rings (SSSR count). The Morgan fingerprint density at radius 3 is 2.47 bits per heavy atom. The normalized spacial score (nSPS) is 18.0. The fraction of sp³-hybridized carbons (Fsp3) is 0.423. The zero-order valence-electron chi connectivity index (χ0n) is 19.8. The van der Waals surface area contributed by atoms with E-state index in [2.05, 4.69) is 17.2 Å². The predicted molar refractivity (Wildman–Crippen MR) is 131 cm³/mol. The van der Waals surface area contributed by atoms with Crippen molar-refractivity contribution in [3.8, 4) is 11.5 Å². The molecule has 2 aromatic carbocycles. The predicted octanol–water partition coefficient (Wildman–Crippen LogP) is 3.26. The van der Waals surface area contributed by atoms with Crippen LogP contribution in [0.1, 0.15) is 48.5 Å². The minimum atomic E-state index is -0.503. The highest BCUT2D eigenvalue weighted by molar-refractivity contribution is 5.97. The topological polar surface area (TPSA) is 102 Å². The number of hydrogen-bond acceptors (Lipinski definition) is 5. The number of fused-ring (bicyclic) bond motifs is 1. The lowest BCUT2D eigenvalue weighted by atomic mass is 9.87. The summed E-state index contributed by atoms with van der Waals surface area (Å²) in [4.78, 5) is 41.2. The maximum absolute atomic E-state index is 13.0. The number of hydrogen-bond donors (Lipinski definition) is 2. The number of aromatic amines is 1. The lowest BCUT2D eigenvalue weighted by Crippen LogP contribution is -2.37. The molecule has 0 radical (unpaired) electrons. The Labute approximate surface area is 197 Å². The third kappa shape index (κ3) is 5.00. The first kappa shape index (κ1) is 23.6. The highest BCUT2D eigenvalue weighted by Gasteiger charge is 2.20. The number of nitrogens with one attached hydrogen (secondary N) is 2. The summed E-state index contributed by atoms with van der Waals surface area (Å²) in [6.07, 6.45) is 4.64. The maximum atomic E-state index is 13.0. The van der Waals surface area contributed by atoms with Crippen molar-refractivity contribution in [3.63, 3.8) is 0 Å². The molecule has 1 aromatic heterocycles. The van der Waals surface area contributed by atoms with E-state index in [0.717, 1.165) is 31.2 Å². The Morgan fingerprint density at radius 1 is 1.03 bits per heavy atom. The molecule has 180 valence electrons. The van der Waals surface area contributed by atoms with Crippen LogP contribution in [0.25, 0.3) is 10.9 Å². The summed E-state index contributed by atoms with van der Waals surface area (Å²) in [7, 11) is 3.13. The summed E-state index contributed by atoms with van der Waals surface area (Å²) in [5.41, 5.74) is 0.823. The van der Waals surface area contributed by atoms with Gasteiger partial charge in [0.2, 0.25) is 0 Å². The SMILES string of the molecule is COc1ccc(CCn2c(=O)[nH]c3cc(C(=O)NC4CCC(C)CC4)ccc3c2=O)cc1OC. The van der Waals surface area contributed by atoms with E-state index in [9.17, 15) is 14.4 Å². The van der Waals surface area contributed by atoms with Gasteiger partial charge in [0.25, 0.3) is 11.5 Å². The summed E-state index contributed by atoms with van der Waals surface area (Å²) in [6.45, 7) is 2.44. The number of methoxy groups -OCH3 is 2. The summed E-state index contributed by atoms with van der Waals surface area (Å²) in [5.74, 6) is 1.73. The van der Waals surface area contributed by atoms with Crippen molar-refractivity contribution in [2.75, 3.05) is 14.2 Å². The highest BCUT2D eigenvalue weighted by Crippen LogP contribution is 2.28. The molecule has 2 N–H and O–H groups in total. The first-order valence-corrected chi connectivity index (χ1v) is 11.7. The second kappa shape index (κ2) is 10.2. The van der Waals surface area contributed by atoms with E-state index < -0.39 is 5.69 Å². The molecule has 1 fully saturated rings. The standard InChI is InChI=1S/C26H31N3O5/c1-16-4-8-19(9-5-16)27-24(30)18-7-10-20-21(15-18)28-26(32)29(25(20)31)13-12-17-6-11-22(33-2)23(14-17)34-3/h6-7,10-11,14-16,19H,4-5,8-9,12-13H2,1-3H3,(H,27,30)(H,28,32). The van der Waals surface area contributed by atoms with Crippen LogP contribution in [0, 0.1) is 5.92 Å². The molecule has 0 atom stereocenters. The number of rotatable bonds is 7. The maximum Gasteiger partial charge on any atom is 0.328 e. The van der Waals surface area contributed by atoms with Gasteiger partial charge >= 0.3 is 5.69 Å². The minimum absolute atomic E-state index is 0.169. The van der Waals surface area contributed by atoms with Crippen LogP contribution in [0.2, 0.25) is 0 Å². The Bertz CT molecular complexity index is 1300. The third-order valence-corrected chi connectivity index (χ3v) is 6.67. The van der Waals surface area contributed by atoms with Crippen LogP contribution < -0.4 is 26.0 Å². The van der Waals surface area contributed by atoms with Gasteiger partial charge < -0.3 is 19.8 Å². The molecule has 0 unspecified atom stereocenters. The number of amides is 1. The van der Waals surface area contributed by atoms with Gasteiger partial charge in [-0.1, -0.05) is 13.0 Å². The van der Waals surface area contributed by atoms with Gasteiger partial charge in [0.05, 0.1) is 25.1 Å². The lowest BCUT2D eigenvalue weighted by Gasteiger charge is -2.26. The van der Waals surface area contributed by atoms with Gasteiger partial charge in [0, 0.05) is 18.2 Å². The molecule has 34 heavy (non-hydrogen) atoms. The van der Waals surface area contributed by atoms with Crippen molar-refractivity contribution in [1.29, 1.82) is 0 Å². The minimum Gasteiger partial charge on any atom is -0.493 e. The van der Waals surface area contributed by atoms with Gasteiger partial charge in [0.1, 0.15) is 0 Å². The van der Waals surface area contributed by atoms with E-state index in [1.165, 1.54) is 4.57 Å². The monoisotopic (exact) mass is 465 g/mol. The lowest BCUT2D eigenvalue weighted by molar-refractivity contribution is 0.0923. The van der Waals surface area contributed by atoms with E-state index in [4.69, 9.17) is 9.47 Å². The van der Waals surface area contributed by atoms with Crippen molar-refractivity contribution in [2.24, 2.45) is 5.92 Å². The smallest absolute Gasteiger partial charge is 0.328 e. The number of H-pyrrole nitrogens is 1. The number of benzene rings is 2. The van der Waals surface area contributed by atoms with E-state index in [-0.39, 0.29) is 24.1 Å². The molecule has 0 aliphatic heterocycles. The van der Waals surface area contributed by atoms with Crippen LogP contribution in [0.15, 0.2) is 46.0 Å². The third-order valence-electron chi connectivity index (χ3n) is 6.67. The van der Waals surface area contributed by atoms with Gasteiger partial charge in [0.15, 0.2) is 11.5 Å². The van der Waals surface area contributed by atoms with Gasteiger partial charge in [-0.25, -0.2) is 4.79 Å². The molecule has 0 spiro atoms. The van der Waals surface area contributed by atoms with Gasteiger partial charge in [-0.2, -0.15) is 0 Å². The van der Waals surface area contributed by atoms with Crippen LogP contribution in [0.3, 0.4) is 0 Å². The Kier molecular flexibility index (Phi) is 7.05. The van der Waals surface area contributed by atoms with E-state index in [0.29, 0.717) is 40.3 Å². The van der Waals surface area contributed by atoms with Gasteiger partial charge in [-0.15, -0.1) is 0 Å². The van der Waals surface area contributed by atoms with Crippen molar-refractivity contribution in [3.05, 3.63) is 68.4 Å². The number of carbonyl (C=O) groups excluding carboxylic acids is 1. The fourth-order valence-corrected chi connectivity index (χ4v) is 4.55. The summed E-state index contributed by atoms with van der Waals surface area (Å²) in [5, 5.41) is 3.45. The summed E-state index contributed by atoms with van der Waals surface area (Å²) >= 11 is 0. The molecule has 0 saturated heterocycles. The van der Waals surface area contributed by atoms with Gasteiger partial charge in [-0.05, 0) is 73.9 Å². The van der Waals surface area contributed by atoms with Crippen molar-refractivity contribution in [1.82, 2.24) is 14.9 Å². The molecule has 1 amide bonds. The molecule has 1 aliphatic carbocycles. The van der Waals surface area contributed by atoms with Crippen LogP contribution in [0.4, 0.5) is 0 Å². The largest absolute Gasteiger partial charge is 0.493 e. The highest BCUT2D eigenvalue weighted by atomic mass is 16.5. The molecule has 0 bridgehead atoms. The van der Waals surface area contributed by atoms with Crippen LogP contribution in [-0.4, -0.2) is 35.7 Å². The quantitative estimate of drug-likeness (QED) is 0.558. The fourth-order valence-electron chi connectivity index (χ4n) is 4.55. The number of ether oxygens (including phenoxy) is 2. The van der Waals surface area contributed by atoms with Gasteiger partial charge in [-0.3, -0.25) is 14.2 Å². The van der Waals surface area contributed by atoms with Crippen molar-refractivity contribution < 1.29 is 14.3 Å². The zero-order chi connectivity index (χ0) is 24.2. The molecule has 1 saturated carbocycles. The Balaban J connectivity index is 1.52. The van der Waals surface area contributed by atoms with E-state index in [1.54, 1.807) is 38.5 Å². The molecule has 1 aliphatic rings. The summed E-state index contributed by atoms with van der Waals surface area (Å²) < 4.78 is 11.8. The average molecular weight is 466 g/mol. The van der Waals surface area contributed by atoms with Crippen LogP contribution >= 0.6 is 0 Å². The number of nitrogens with zero attached hydrogens (tertiary/aromatic N) is 1. The first-order valence-electron chi connectivity index (χ1n) is 11.7. The summed E-state index contributed by atoms with van der Waals surface area (Å²) in [6, 6.07) is 10.5. The Hall–Kier alpha value is -3.55. The molecule has 8 nitrogen and oxygen atoms in total. The second-order valence-electron chi connectivity index (χ2n) is 9.02. The number of aromatic nitrogens is 2. The number of aryl methyl sites for hydroxylation is 1. The van der Waals surface area contributed by atoms with Crippen molar-refractivity contribution >= 4 is 16.8 Å². The molecule has 8 heteroatoms. The molecular formula is C26H31N3O5. The van der Waals surface area contributed by atoms with Crippen molar-refractivity contribution in [2.45, 2.75) is 51.6 Å². The Morgan fingerprint density at radius 2 is 1.76 bits per heavy atom.